The van der Waals surface area contributed by atoms with Crippen LogP contribution in [-0.4, -0.2) is 35.1 Å². The Bertz CT molecular complexity index is 487. The summed E-state index contributed by atoms with van der Waals surface area (Å²) in [5, 5.41) is 0.0600. The predicted molar refractivity (Wildman–Crippen MR) is 64.3 cm³/mol. The summed E-state index contributed by atoms with van der Waals surface area (Å²) in [6, 6.07) is 2.58. The Kier molecular flexibility index (Phi) is 3.92. The average Bonchev–Trinajstić information content (AvgIpc) is 2.75. The molecule has 0 spiro atoms. The second-order valence-electron chi connectivity index (χ2n) is 4.28. The first-order chi connectivity index (χ1) is 8.77. The van der Waals surface area contributed by atoms with E-state index < -0.39 is 18.0 Å². The lowest BCUT2D eigenvalue weighted by molar-refractivity contribution is -0.169. The Morgan fingerprint density at radius 1 is 1.32 bits per heavy atom. The zero-order valence-corrected chi connectivity index (χ0v) is 11.1. The number of carbonyl (C=O) groups is 1. The van der Waals surface area contributed by atoms with Crippen molar-refractivity contribution in [3.8, 4) is 0 Å². The molecule has 0 bridgehead atoms. The van der Waals surface area contributed by atoms with Gasteiger partial charge in [-0.3, -0.25) is 4.79 Å². The summed E-state index contributed by atoms with van der Waals surface area (Å²) in [5.74, 6) is -1.98. The third-order valence-electron chi connectivity index (χ3n) is 2.95. The van der Waals surface area contributed by atoms with Gasteiger partial charge in [-0.25, -0.2) is 4.98 Å². The number of hydrogen-bond donors (Lipinski definition) is 0. The number of likely N-dealkylation sites (tertiary alicyclic amines) is 1. The van der Waals surface area contributed by atoms with Crippen LogP contribution in [0.4, 0.5) is 13.2 Å². The Labute approximate surface area is 117 Å². The van der Waals surface area contributed by atoms with E-state index in [2.05, 4.69) is 4.98 Å². The molecule has 1 saturated heterocycles. The smallest absolute Gasteiger partial charge is 0.338 e. The van der Waals surface area contributed by atoms with E-state index in [0.717, 1.165) is 4.90 Å². The predicted octanol–water partition coefficient (Wildman–Crippen LogP) is 3.41. The molecule has 1 amide bonds. The first kappa shape index (κ1) is 14.4. The van der Waals surface area contributed by atoms with Crippen molar-refractivity contribution in [1.29, 1.82) is 0 Å². The zero-order chi connectivity index (χ0) is 14.2. The van der Waals surface area contributed by atoms with Crippen LogP contribution in [0, 0.1) is 5.92 Å². The van der Waals surface area contributed by atoms with Crippen molar-refractivity contribution >= 4 is 29.1 Å². The van der Waals surface area contributed by atoms with E-state index in [-0.39, 0.29) is 35.4 Å². The minimum absolute atomic E-state index is 0.0300. The number of halogens is 5. The number of aromatic nitrogens is 1. The van der Waals surface area contributed by atoms with Gasteiger partial charge in [0.05, 0.1) is 5.92 Å². The van der Waals surface area contributed by atoms with Crippen LogP contribution in [0.25, 0.3) is 0 Å². The van der Waals surface area contributed by atoms with Crippen LogP contribution in [0.1, 0.15) is 16.8 Å². The van der Waals surface area contributed by atoms with E-state index >= 15 is 0 Å². The molecule has 0 N–H and O–H groups in total. The maximum absolute atomic E-state index is 12.5. The highest BCUT2D eigenvalue weighted by Gasteiger charge is 2.44. The Morgan fingerprint density at radius 2 is 1.89 bits per heavy atom. The number of pyridine rings is 1. The van der Waals surface area contributed by atoms with Crippen molar-refractivity contribution in [2.75, 3.05) is 13.1 Å². The zero-order valence-electron chi connectivity index (χ0n) is 9.55. The molecule has 0 aromatic carbocycles. The summed E-state index contributed by atoms with van der Waals surface area (Å²) < 4.78 is 37.6. The van der Waals surface area contributed by atoms with Crippen LogP contribution in [0.2, 0.25) is 10.3 Å². The number of nitrogens with zero attached hydrogens (tertiary/aromatic N) is 2. The van der Waals surface area contributed by atoms with E-state index in [1.54, 1.807) is 0 Å². The lowest BCUT2D eigenvalue weighted by atomic mass is 10.1. The number of carbonyl (C=O) groups excluding carboxylic acids is 1. The SMILES string of the molecule is O=C(c1cc(Cl)nc(Cl)c1)N1CCC(C(F)(F)F)C1. The fourth-order valence-electron chi connectivity index (χ4n) is 1.98. The molecular formula is C11H9Cl2F3N2O. The second kappa shape index (κ2) is 5.17. The molecule has 1 aromatic rings. The van der Waals surface area contributed by atoms with Crippen LogP contribution in [0.15, 0.2) is 12.1 Å². The minimum Gasteiger partial charge on any atom is -0.338 e. The van der Waals surface area contributed by atoms with Crippen molar-refractivity contribution in [1.82, 2.24) is 9.88 Å². The molecule has 3 nitrogen and oxygen atoms in total. The Morgan fingerprint density at radius 3 is 2.37 bits per heavy atom. The summed E-state index contributed by atoms with van der Waals surface area (Å²) in [5.41, 5.74) is 0.146. The van der Waals surface area contributed by atoms with Crippen LogP contribution in [0.3, 0.4) is 0 Å². The molecule has 1 aliphatic heterocycles. The van der Waals surface area contributed by atoms with Gasteiger partial charge < -0.3 is 4.90 Å². The molecule has 2 rings (SSSR count). The fourth-order valence-corrected chi connectivity index (χ4v) is 2.44. The summed E-state index contributed by atoms with van der Waals surface area (Å²) in [4.78, 5) is 16.9. The van der Waals surface area contributed by atoms with Gasteiger partial charge in [0.1, 0.15) is 10.3 Å². The number of rotatable bonds is 1. The molecule has 1 unspecified atom stereocenters. The van der Waals surface area contributed by atoms with E-state index in [1.807, 2.05) is 0 Å². The van der Waals surface area contributed by atoms with Crippen molar-refractivity contribution in [3.63, 3.8) is 0 Å². The van der Waals surface area contributed by atoms with Crippen LogP contribution >= 0.6 is 23.2 Å². The van der Waals surface area contributed by atoms with Gasteiger partial charge in [0.25, 0.3) is 5.91 Å². The van der Waals surface area contributed by atoms with Gasteiger partial charge in [0.2, 0.25) is 0 Å². The van der Waals surface area contributed by atoms with E-state index in [0.29, 0.717) is 0 Å². The Balaban J connectivity index is 2.13. The van der Waals surface area contributed by atoms with Crippen LogP contribution in [-0.2, 0) is 0 Å². The van der Waals surface area contributed by atoms with Crippen molar-refractivity contribution < 1.29 is 18.0 Å². The highest BCUT2D eigenvalue weighted by Crippen LogP contribution is 2.34. The molecule has 0 radical (unpaired) electrons. The molecule has 0 saturated carbocycles. The van der Waals surface area contributed by atoms with Gasteiger partial charge in [0.15, 0.2) is 0 Å². The largest absolute Gasteiger partial charge is 0.393 e. The quantitative estimate of drug-likeness (QED) is 0.744. The maximum atomic E-state index is 12.5. The lowest BCUT2D eigenvalue weighted by Gasteiger charge is -2.18. The fraction of sp³-hybridized carbons (Fsp3) is 0.455. The van der Waals surface area contributed by atoms with Crippen LogP contribution in [0.5, 0.6) is 0 Å². The highest BCUT2D eigenvalue weighted by molar-refractivity contribution is 6.33. The minimum atomic E-state index is -4.28. The highest BCUT2D eigenvalue weighted by atomic mass is 35.5. The van der Waals surface area contributed by atoms with Crippen molar-refractivity contribution in [2.45, 2.75) is 12.6 Å². The van der Waals surface area contributed by atoms with Gasteiger partial charge in [-0.2, -0.15) is 13.2 Å². The summed E-state index contributed by atoms with van der Waals surface area (Å²) in [6.45, 7) is -0.263. The topological polar surface area (TPSA) is 33.2 Å². The first-order valence-electron chi connectivity index (χ1n) is 5.46. The molecule has 0 aliphatic carbocycles. The molecule has 1 atom stereocenters. The van der Waals surface area contributed by atoms with Gasteiger partial charge in [0, 0.05) is 18.7 Å². The molecule has 19 heavy (non-hydrogen) atoms. The summed E-state index contributed by atoms with van der Waals surface area (Å²) >= 11 is 11.3. The van der Waals surface area contributed by atoms with Gasteiger partial charge in [-0.15, -0.1) is 0 Å². The normalized spacial score (nSPS) is 19.8. The van der Waals surface area contributed by atoms with Gasteiger partial charge >= 0.3 is 6.18 Å². The average molecular weight is 313 g/mol. The summed E-state index contributed by atoms with van der Waals surface area (Å²) in [6.07, 6.45) is -4.36. The van der Waals surface area contributed by atoms with Crippen LogP contribution < -0.4 is 0 Å². The van der Waals surface area contributed by atoms with Gasteiger partial charge in [-0.1, -0.05) is 23.2 Å². The number of amides is 1. The van der Waals surface area contributed by atoms with E-state index in [4.69, 9.17) is 23.2 Å². The number of hydrogen-bond acceptors (Lipinski definition) is 2. The molecule has 104 valence electrons. The maximum Gasteiger partial charge on any atom is 0.393 e. The summed E-state index contributed by atoms with van der Waals surface area (Å²) in [7, 11) is 0. The standard InChI is InChI=1S/C11H9Cl2F3N2O/c12-8-3-6(4-9(13)17-8)10(19)18-2-1-7(5-18)11(14,15)16/h3-4,7H,1-2,5H2. The molecule has 8 heteroatoms. The number of alkyl halides is 3. The Hall–Kier alpha value is -1.01. The van der Waals surface area contributed by atoms with E-state index in [1.165, 1.54) is 12.1 Å². The van der Waals surface area contributed by atoms with Gasteiger partial charge in [-0.05, 0) is 18.6 Å². The molecular weight excluding hydrogens is 304 g/mol. The third-order valence-corrected chi connectivity index (χ3v) is 3.34. The molecule has 1 fully saturated rings. The molecule has 1 aliphatic rings. The van der Waals surface area contributed by atoms with Crippen molar-refractivity contribution in [3.05, 3.63) is 28.0 Å². The molecule has 1 aromatic heterocycles. The first-order valence-corrected chi connectivity index (χ1v) is 6.22. The van der Waals surface area contributed by atoms with Crippen molar-refractivity contribution in [2.24, 2.45) is 5.92 Å². The molecule has 2 heterocycles. The monoisotopic (exact) mass is 312 g/mol. The second-order valence-corrected chi connectivity index (χ2v) is 5.05. The lowest BCUT2D eigenvalue weighted by Crippen LogP contribution is -2.32. The third kappa shape index (κ3) is 3.30. The van der Waals surface area contributed by atoms with E-state index in [9.17, 15) is 18.0 Å².